The van der Waals surface area contributed by atoms with Gasteiger partial charge in [-0.15, -0.1) is 0 Å². The molecule has 1 aliphatic rings. The van der Waals surface area contributed by atoms with Crippen molar-refractivity contribution >= 4 is 23.6 Å². The molecule has 0 spiro atoms. The number of rotatable bonds is 6. The number of nitro groups is 1. The third kappa shape index (κ3) is 3.84. The van der Waals surface area contributed by atoms with E-state index in [-0.39, 0.29) is 17.3 Å². The summed E-state index contributed by atoms with van der Waals surface area (Å²) in [5.74, 6) is 0.163. The molecule has 26 heavy (non-hydrogen) atoms. The predicted octanol–water partition coefficient (Wildman–Crippen LogP) is 3.50. The Balaban J connectivity index is 1.84. The maximum Gasteiger partial charge on any atom is 0.363 e. The third-order valence-corrected chi connectivity index (χ3v) is 3.47. The first-order valence-corrected chi connectivity index (χ1v) is 7.68. The van der Waals surface area contributed by atoms with E-state index in [0.717, 1.165) is 5.56 Å². The highest BCUT2D eigenvalue weighted by molar-refractivity contribution is 6.12. The number of ether oxygens (including phenoxy) is 2. The standard InChI is InChI=1S/C19H14N2O5/c1-2-10-25-16-5-3-4-13(11-16)12-17-19(22)26-18(20-17)14-6-8-15(9-7-14)21(23)24/h2-9,11-12H,1,10H2/b17-12-. The van der Waals surface area contributed by atoms with E-state index in [1.54, 1.807) is 36.4 Å². The molecule has 130 valence electrons. The highest BCUT2D eigenvalue weighted by atomic mass is 16.6. The molecule has 0 radical (unpaired) electrons. The smallest absolute Gasteiger partial charge is 0.363 e. The quantitative estimate of drug-likeness (QED) is 0.261. The summed E-state index contributed by atoms with van der Waals surface area (Å²) < 4.78 is 10.6. The Bertz CT molecular complexity index is 929. The highest BCUT2D eigenvalue weighted by Crippen LogP contribution is 2.22. The second-order valence-electron chi connectivity index (χ2n) is 5.31. The van der Waals surface area contributed by atoms with Crippen molar-refractivity contribution in [2.24, 2.45) is 4.99 Å². The van der Waals surface area contributed by atoms with Crippen LogP contribution in [0.2, 0.25) is 0 Å². The second kappa shape index (κ2) is 7.43. The minimum absolute atomic E-state index is 0.0502. The number of cyclic esters (lactones) is 1. The lowest BCUT2D eigenvalue weighted by Gasteiger charge is -2.03. The minimum atomic E-state index is -0.587. The Hall–Kier alpha value is -3.74. The fourth-order valence-corrected chi connectivity index (χ4v) is 2.27. The predicted molar refractivity (Wildman–Crippen MR) is 95.8 cm³/mol. The van der Waals surface area contributed by atoms with Crippen LogP contribution in [0.3, 0.4) is 0 Å². The van der Waals surface area contributed by atoms with E-state index in [1.165, 1.54) is 24.3 Å². The van der Waals surface area contributed by atoms with Gasteiger partial charge in [-0.3, -0.25) is 10.1 Å². The van der Waals surface area contributed by atoms with E-state index < -0.39 is 10.9 Å². The number of nitro benzene ring substituents is 1. The number of nitrogens with zero attached hydrogens (tertiary/aromatic N) is 2. The molecule has 0 fully saturated rings. The van der Waals surface area contributed by atoms with Gasteiger partial charge in [0.25, 0.3) is 5.69 Å². The number of esters is 1. The Kier molecular flexibility index (Phi) is 4.89. The first-order chi connectivity index (χ1) is 12.6. The zero-order valence-corrected chi connectivity index (χ0v) is 13.6. The normalized spacial score (nSPS) is 14.7. The monoisotopic (exact) mass is 350 g/mol. The van der Waals surface area contributed by atoms with E-state index in [2.05, 4.69) is 11.6 Å². The number of carbonyl (C=O) groups excluding carboxylic acids is 1. The van der Waals surface area contributed by atoms with Crippen LogP contribution in [0.15, 0.2) is 71.9 Å². The molecule has 2 aromatic carbocycles. The fourth-order valence-electron chi connectivity index (χ4n) is 2.27. The van der Waals surface area contributed by atoms with Crippen molar-refractivity contribution in [1.82, 2.24) is 0 Å². The molecule has 0 aliphatic carbocycles. The summed E-state index contributed by atoms with van der Waals surface area (Å²) in [6.45, 7) is 3.97. The van der Waals surface area contributed by atoms with Crippen molar-refractivity contribution in [3.05, 3.63) is 88.1 Å². The van der Waals surface area contributed by atoms with Crippen molar-refractivity contribution in [1.29, 1.82) is 0 Å². The van der Waals surface area contributed by atoms with Crippen molar-refractivity contribution in [2.75, 3.05) is 6.61 Å². The molecule has 0 bridgehead atoms. The number of non-ortho nitro benzene ring substituents is 1. The Morgan fingerprint density at radius 1 is 1.23 bits per heavy atom. The summed E-state index contributed by atoms with van der Waals surface area (Å²) in [5, 5.41) is 10.7. The molecular weight excluding hydrogens is 336 g/mol. The molecule has 7 nitrogen and oxygen atoms in total. The number of hydrogen-bond donors (Lipinski definition) is 0. The first kappa shape index (κ1) is 17.1. The van der Waals surface area contributed by atoms with Crippen LogP contribution in [0.5, 0.6) is 5.75 Å². The van der Waals surface area contributed by atoms with Crippen LogP contribution >= 0.6 is 0 Å². The first-order valence-electron chi connectivity index (χ1n) is 7.68. The molecule has 7 heteroatoms. The summed E-state index contributed by atoms with van der Waals surface area (Å²) in [6.07, 6.45) is 3.22. The summed E-state index contributed by atoms with van der Waals surface area (Å²) in [7, 11) is 0. The third-order valence-electron chi connectivity index (χ3n) is 3.47. The molecule has 1 heterocycles. The molecular formula is C19H14N2O5. The maximum atomic E-state index is 12.0. The molecule has 1 aliphatic heterocycles. The molecule has 0 amide bonds. The molecule has 2 aromatic rings. The molecule has 0 saturated carbocycles. The van der Waals surface area contributed by atoms with Gasteiger partial charge in [0.2, 0.25) is 5.90 Å². The number of benzene rings is 2. The van der Waals surface area contributed by atoms with E-state index >= 15 is 0 Å². The van der Waals surface area contributed by atoms with Gasteiger partial charge in [0.1, 0.15) is 12.4 Å². The van der Waals surface area contributed by atoms with E-state index in [4.69, 9.17) is 9.47 Å². The second-order valence-corrected chi connectivity index (χ2v) is 5.31. The number of aliphatic imine (C=N–C) groups is 1. The summed E-state index contributed by atoms with van der Waals surface area (Å²) >= 11 is 0. The van der Waals surface area contributed by atoms with Crippen LogP contribution in [-0.4, -0.2) is 23.4 Å². The average molecular weight is 350 g/mol. The van der Waals surface area contributed by atoms with Gasteiger partial charge in [-0.1, -0.05) is 24.8 Å². The largest absolute Gasteiger partial charge is 0.490 e. The summed E-state index contributed by atoms with van der Waals surface area (Å²) in [6, 6.07) is 12.8. The number of carbonyl (C=O) groups is 1. The van der Waals surface area contributed by atoms with Crippen LogP contribution in [0.4, 0.5) is 5.69 Å². The Labute approximate surface area is 149 Å². The average Bonchev–Trinajstić information content (AvgIpc) is 3.01. The lowest BCUT2D eigenvalue weighted by molar-refractivity contribution is -0.384. The van der Waals surface area contributed by atoms with Crippen LogP contribution in [0.1, 0.15) is 11.1 Å². The fraction of sp³-hybridized carbons (Fsp3) is 0.0526. The van der Waals surface area contributed by atoms with Crippen molar-refractivity contribution in [3.63, 3.8) is 0 Å². The van der Waals surface area contributed by atoms with Gasteiger partial charge >= 0.3 is 5.97 Å². The summed E-state index contributed by atoms with van der Waals surface area (Å²) in [4.78, 5) is 26.4. The van der Waals surface area contributed by atoms with Gasteiger partial charge in [0.05, 0.1) is 4.92 Å². The lowest BCUT2D eigenvalue weighted by atomic mass is 10.2. The SMILES string of the molecule is C=CCOc1cccc(/C=C2\N=C(c3ccc([N+](=O)[O-])cc3)OC2=O)c1. The zero-order chi connectivity index (χ0) is 18.5. The topological polar surface area (TPSA) is 91.0 Å². The zero-order valence-electron chi connectivity index (χ0n) is 13.6. The van der Waals surface area contributed by atoms with Gasteiger partial charge in [0, 0.05) is 17.7 Å². The van der Waals surface area contributed by atoms with Crippen LogP contribution in [0.25, 0.3) is 6.08 Å². The van der Waals surface area contributed by atoms with Crippen molar-refractivity contribution in [2.45, 2.75) is 0 Å². The van der Waals surface area contributed by atoms with E-state index in [1.807, 2.05) is 0 Å². The van der Waals surface area contributed by atoms with Crippen LogP contribution < -0.4 is 4.74 Å². The summed E-state index contributed by atoms with van der Waals surface area (Å²) in [5.41, 5.74) is 1.30. The lowest BCUT2D eigenvalue weighted by Crippen LogP contribution is -2.05. The van der Waals surface area contributed by atoms with Crippen LogP contribution in [-0.2, 0) is 9.53 Å². The molecule has 0 saturated heterocycles. The minimum Gasteiger partial charge on any atom is -0.490 e. The molecule has 0 atom stereocenters. The molecule has 0 unspecified atom stereocenters. The van der Waals surface area contributed by atoms with Gasteiger partial charge in [-0.2, -0.15) is 0 Å². The van der Waals surface area contributed by atoms with Crippen molar-refractivity contribution < 1.29 is 19.2 Å². The van der Waals surface area contributed by atoms with Gasteiger partial charge < -0.3 is 9.47 Å². The van der Waals surface area contributed by atoms with E-state index in [9.17, 15) is 14.9 Å². The van der Waals surface area contributed by atoms with Gasteiger partial charge in [-0.25, -0.2) is 9.79 Å². The molecule has 3 rings (SSSR count). The van der Waals surface area contributed by atoms with Gasteiger partial charge in [0.15, 0.2) is 5.70 Å². The Morgan fingerprint density at radius 2 is 2.00 bits per heavy atom. The van der Waals surface area contributed by atoms with Crippen molar-refractivity contribution in [3.8, 4) is 5.75 Å². The highest BCUT2D eigenvalue weighted by Gasteiger charge is 2.24. The van der Waals surface area contributed by atoms with E-state index in [0.29, 0.717) is 17.9 Å². The molecule has 0 aromatic heterocycles. The Morgan fingerprint density at radius 3 is 2.69 bits per heavy atom. The maximum absolute atomic E-state index is 12.0. The number of hydrogen-bond acceptors (Lipinski definition) is 6. The van der Waals surface area contributed by atoms with Crippen LogP contribution in [0, 0.1) is 10.1 Å². The molecule has 0 N–H and O–H groups in total. The van der Waals surface area contributed by atoms with Gasteiger partial charge in [-0.05, 0) is 35.9 Å².